The van der Waals surface area contributed by atoms with E-state index in [4.69, 9.17) is 0 Å². The van der Waals surface area contributed by atoms with Crippen molar-refractivity contribution in [1.29, 1.82) is 0 Å². The van der Waals surface area contributed by atoms with Crippen molar-refractivity contribution in [2.24, 2.45) is 7.05 Å². The van der Waals surface area contributed by atoms with Crippen LogP contribution in [0.2, 0.25) is 0 Å². The van der Waals surface area contributed by atoms with Crippen LogP contribution >= 0.6 is 39.0 Å². The Labute approximate surface area is 207 Å². The molecule has 0 atom stereocenters. The minimum Gasteiger partial charge on any atom is -0.345 e. The average molecular weight is 543 g/mol. The number of hydrogen-bond acceptors (Lipinski definition) is 7. The lowest BCUT2D eigenvalue weighted by molar-refractivity contribution is -0.113. The average Bonchev–Trinajstić information content (AvgIpc) is 3.43. The summed E-state index contributed by atoms with van der Waals surface area (Å²) in [6.07, 6.45) is 0. The Balaban J connectivity index is 1.28. The molecule has 4 rings (SSSR count). The normalized spacial score (nSPS) is 10.7. The molecule has 2 aromatic carbocycles. The number of anilines is 1. The van der Waals surface area contributed by atoms with Crippen molar-refractivity contribution in [3.8, 4) is 11.3 Å². The monoisotopic (exact) mass is 542 g/mol. The number of hydrogen-bond donors (Lipinski definition) is 2. The molecule has 0 aliphatic rings. The summed E-state index contributed by atoms with van der Waals surface area (Å²) in [6, 6.07) is 16.8. The van der Waals surface area contributed by atoms with Gasteiger partial charge < -0.3 is 15.2 Å². The van der Waals surface area contributed by atoms with E-state index in [-0.39, 0.29) is 24.1 Å². The molecule has 0 unspecified atom stereocenters. The maximum absolute atomic E-state index is 12.4. The first-order valence-corrected chi connectivity index (χ1v) is 12.5. The van der Waals surface area contributed by atoms with Crippen LogP contribution in [0.1, 0.15) is 16.2 Å². The number of carbonyl (C=O) groups is 2. The summed E-state index contributed by atoms with van der Waals surface area (Å²) in [5.74, 6) is 0.397. The molecule has 0 saturated heterocycles. The smallest absolute Gasteiger partial charge is 0.251 e. The van der Waals surface area contributed by atoms with Gasteiger partial charge in [0, 0.05) is 28.0 Å². The van der Waals surface area contributed by atoms with Gasteiger partial charge in [-0.15, -0.1) is 21.5 Å². The number of amides is 2. The fourth-order valence-corrected chi connectivity index (χ4v) is 4.58. The highest BCUT2D eigenvalue weighted by molar-refractivity contribution is 9.10. The Morgan fingerprint density at radius 3 is 2.61 bits per heavy atom. The van der Waals surface area contributed by atoms with Gasteiger partial charge in [0.25, 0.3) is 5.91 Å². The molecule has 0 aliphatic heterocycles. The molecule has 0 spiro atoms. The van der Waals surface area contributed by atoms with E-state index in [0.29, 0.717) is 21.7 Å². The second-order valence-corrected chi connectivity index (χ2v) is 9.60. The first-order chi connectivity index (χ1) is 16.0. The zero-order valence-corrected chi connectivity index (χ0v) is 20.7. The van der Waals surface area contributed by atoms with Crippen molar-refractivity contribution in [2.45, 2.75) is 11.7 Å². The number of carbonyl (C=O) groups excluding carboxylic acids is 2. The highest BCUT2D eigenvalue weighted by Gasteiger charge is 2.14. The predicted octanol–water partition coefficient (Wildman–Crippen LogP) is 4.36. The summed E-state index contributed by atoms with van der Waals surface area (Å²) < 4.78 is 2.76. The van der Waals surface area contributed by atoms with Crippen LogP contribution in [0.5, 0.6) is 0 Å². The molecule has 0 fully saturated rings. The van der Waals surface area contributed by atoms with Gasteiger partial charge in [-0.2, -0.15) is 0 Å². The first kappa shape index (κ1) is 23.1. The lowest BCUT2D eigenvalue weighted by atomic mass is 10.2. The van der Waals surface area contributed by atoms with E-state index in [1.807, 2.05) is 47.8 Å². The van der Waals surface area contributed by atoms with Crippen LogP contribution in [0.4, 0.5) is 5.13 Å². The fraction of sp³-hybridized carbons (Fsp3) is 0.136. The third-order valence-corrected chi connectivity index (χ3v) is 6.90. The van der Waals surface area contributed by atoms with Crippen molar-refractivity contribution in [3.05, 3.63) is 75.8 Å². The first-order valence-electron chi connectivity index (χ1n) is 9.85. The number of thioether (sulfide) groups is 1. The van der Waals surface area contributed by atoms with Crippen molar-refractivity contribution in [3.63, 3.8) is 0 Å². The number of halogens is 1. The van der Waals surface area contributed by atoms with Gasteiger partial charge in [0.05, 0.1) is 18.0 Å². The van der Waals surface area contributed by atoms with E-state index in [2.05, 4.69) is 41.7 Å². The Hall–Kier alpha value is -3.02. The van der Waals surface area contributed by atoms with E-state index >= 15 is 0 Å². The van der Waals surface area contributed by atoms with Gasteiger partial charge in [-0.25, -0.2) is 4.98 Å². The minimum atomic E-state index is -0.182. The van der Waals surface area contributed by atoms with Crippen LogP contribution < -0.4 is 10.6 Å². The molecule has 11 heteroatoms. The molecule has 0 bridgehead atoms. The van der Waals surface area contributed by atoms with Crippen LogP contribution in [0.25, 0.3) is 11.3 Å². The zero-order chi connectivity index (χ0) is 23.2. The third kappa shape index (κ3) is 6.06. The molecule has 2 aromatic heterocycles. The van der Waals surface area contributed by atoms with Gasteiger partial charge in [0.2, 0.25) is 5.91 Å². The van der Waals surface area contributed by atoms with Crippen molar-refractivity contribution in [1.82, 2.24) is 25.1 Å². The standard InChI is InChI=1S/C22H19BrN6O2S2/c1-29-18(11-24-20(31)15-5-3-2-4-6-15)27-28-22(29)33-13-19(30)26-21-25-17(12-32-21)14-7-9-16(23)10-8-14/h2-10,12H,11,13H2,1H3,(H,24,31)(H,25,26,30). The number of nitrogens with zero attached hydrogens (tertiary/aromatic N) is 4. The molecule has 2 heterocycles. The largest absolute Gasteiger partial charge is 0.345 e. The maximum Gasteiger partial charge on any atom is 0.251 e. The lowest BCUT2D eigenvalue weighted by Crippen LogP contribution is -2.24. The Bertz CT molecular complexity index is 1260. The predicted molar refractivity (Wildman–Crippen MR) is 133 cm³/mol. The molecule has 2 N–H and O–H groups in total. The Kier molecular flexibility index (Phi) is 7.53. The summed E-state index contributed by atoms with van der Waals surface area (Å²) >= 11 is 6.06. The van der Waals surface area contributed by atoms with Crippen LogP contribution in [0.15, 0.2) is 69.6 Å². The molecular formula is C22H19BrN6O2S2. The van der Waals surface area contributed by atoms with Crippen LogP contribution in [0, 0.1) is 0 Å². The maximum atomic E-state index is 12.4. The van der Waals surface area contributed by atoms with E-state index in [9.17, 15) is 9.59 Å². The molecule has 4 aromatic rings. The summed E-state index contributed by atoms with van der Waals surface area (Å²) in [5.41, 5.74) is 2.37. The molecule has 8 nitrogen and oxygen atoms in total. The summed E-state index contributed by atoms with van der Waals surface area (Å²) in [7, 11) is 1.80. The van der Waals surface area contributed by atoms with Gasteiger partial charge in [-0.3, -0.25) is 9.59 Å². The van der Waals surface area contributed by atoms with E-state index < -0.39 is 0 Å². The van der Waals surface area contributed by atoms with Gasteiger partial charge >= 0.3 is 0 Å². The van der Waals surface area contributed by atoms with Gasteiger partial charge in [0.15, 0.2) is 16.1 Å². The minimum absolute atomic E-state index is 0.162. The zero-order valence-electron chi connectivity index (χ0n) is 17.5. The topological polar surface area (TPSA) is 102 Å². The van der Waals surface area contributed by atoms with Crippen molar-refractivity contribution >= 4 is 56.0 Å². The second kappa shape index (κ2) is 10.7. The second-order valence-electron chi connectivity index (χ2n) is 6.89. The summed E-state index contributed by atoms with van der Waals surface area (Å²) in [5, 5.41) is 16.9. The number of thiazole rings is 1. The molecular weight excluding hydrogens is 524 g/mol. The Morgan fingerprint density at radius 1 is 1.09 bits per heavy atom. The number of nitrogens with one attached hydrogen (secondary N) is 2. The van der Waals surface area contributed by atoms with E-state index in [0.717, 1.165) is 15.7 Å². The van der Waals surface area contributed by atoms with Gasteiger partial charge in [-0.1, -0.05) is 58.0 Å². The highest BCUT2D eigenvalue weighted by Crippen LogP contribution is 2.26. The Morgan fingerprint density at radius 2 is 1.85 bits per heavy atom. The van der Waals surface area contributed by atoms with Crippen molar-refractivity contribution in [2.75, 3.05) is 11.1 Å². The third-order valence-electron chi connectivity index (χ3n) is 4.59. The highest BCUT2D eigenvalue weighted by atomic mass is 79.9. The van der Waals surface area contributed by atoms with E-state index in [1.54, 1.807) is 23.7 Å². The fourth-order valence-electron chi connectivity index (χ4n) is 2.85. The van der Waals surface area contributed by atoms with Crippen LogP contribution in [-0.2, 0) is 18.4 Å². The lowest BCUT2D eigenvalue weighted by Gasteiger charge is -2.06. The summed E-state index contributed by atoms with van der Waals surface area (Å²) in [4.78, 5) is 29.1. The molecule has 33 heavy (non-hydrogen) atoms. The number of rotatable bonds is 8. The quantitative estimate of drug-likeness (QED) is 0.320. The molecule has 0 aliphatic carbocycles. The SMILES string of the molecule is Cn1c(CNC(=O)c2ccccc2)nnc1SCC(=O)Nc1nc(-c2ccc(Br)cc2)cs1. The number of benzene rings is 2. The molecule has 168 valence electrons. The molecule has 0 saturated carbocycles. The van der Waals surface area contributed by atoms with Crippen LogP contribution in [-0.4, -0.2) is 37.3 Å². The summed E-state index contributed by atoms with van der Waals surface area (Å²) in [6.45, 7) is 0.238. The van der Waals surface area contributed by atoms with Crippen molar-refractivity contribution < 1.29 is 9.59 Å². The van der Waals surface area contributed by atoms with Gasteiger partial charge in [-0.05, 0) is 24.3 Å². The number of aromatic nitrogens is 4. The van der Waals surface area contributed by atoms with Gasteiger partial charge in [0.1, 0.15) is 0 Å². The molecule has 2 amide bonds. The van der Waals surface area contributed by atoms with E-state index in [1.165, 1.54) is 23.1 Å². The molecule has 0 radical (unpaired) electrons. The van der Waals surface area contributed by atoms with Crippen LogP contribution in [0.3, 0.4) is 0 Å².